The van der Waals surface area contributed by atoms with E-state index < -0.39 is 0 Å². The Morgan fingerprint density at radius 3 is 2.91 bits per heavy atom. The van der Waals surface area contributed by atoms with Crippen molar-refractivity contribution in [1.82, 2.24) is 4.98 Å². The van der Waals surface area contributed by atoms with Gasteiger partial charge in [-0.3, -0.25) is 4.98 Å². The number of hydrogen-bond donors (Lipinski definition) is 1. The molecule has 0 saturated heterocycles. The second kappa shape index (κ2) is 5.58. The number of fused-ring (bicyclic) bond motifs is 2. The van der Waals surface area contributed by atoms with Crippen molar-refractivity contribution < 1.29 is 5.11 Å². The van der Waals surface area contributed by atoms with Crippen LogP contribution < -0.4 is 4.90 Å². The van der Waals surface area contributed by atoms with Crippen LogP contribution in [0.4, 0.5) is 5.69 Å². The fraction of sp³-hybridized carbons (Fsp3) is 0.250. The topological polar surface area (TPSA) is 36.4 Å². The van der Waals surface area contributed by atoms with Gasteiger partial charge >= 0.3 is 0 Å². The summed E-state index contributed by atoms with van der Waals surface area (Å²) in [5.41, 5.74) is 4.29. The zero-order valence-corrected chi connectivity index (χ0v) is 13.2. The maximum absolute atomic E-state index is 10.6. The fourth-order valence-corrected chi connectivity index (χ4v) is 3.56. The van der Waals surface area contributed by atoms with Crippen LogP contribution in [-0.2, 0) is 13.0 Å². The Balaban J connectivity index is 1.72. The normalized spacial score (nSPS) is 17.3. The van der Waals surface area contributed by atoms with Gasteiger partial charge in [0.05, 0.1) is 0 Å². The van der Waals surface area contributed by atoms with Crippen molar-refractivity contribution >= 4 is 16.6 Å². The molecule has 1 aliphatic rings. The maximum atomic E-state index is 10.6. The lowest BCUT2D eigenvalue weighted by Gasteiger charge is -2.35. The summed E-state index contributed by atoms with van der Waals surface area (Å²) in [4.78, 5) is 6.69. The number of para-hydroxylation sites is 1. The smallest absolute Gasteiger partial charge is 0.146 e. The summed E-state index contributed by atoms with van der Waals surface area (Å²) < 4.78 is 0. The Morgan fingerprint density at radius 1 is 1.13 bits per heavy atom. The summed E-state index contributed by atoms with van der Waals surface area (Å²) in [5.74, 6) is 0.921. The Kier molecular flexibility index (Phi) is 3.41. The molecule has 1 unspecified atom stereocenters. The van der Waals surface area contributed by atoms with Crippen LogP contribution in [0.3, 0.4) is 0 Å². The molecule has 3 nitrogen and oxygen atoms in total. The lowest BCUT2D eigenvalue weighted by atomic mass is 9.93. The highest BCUT2D eigenvalue weighted by Crippen LogP contribution is 2.33. The van der Waals surface area contributed by atoms with Crippen molar-refractivity contribution in [3.63, 3.8) is 0 Å². The number of aromatic nitrogens is 1. The summed E-state index contributed by atoms with van der Waals surface area (Å²) in [6.07, 6.45) is 2.85. The van der Waals surface area contributed by atoms with E-state index in [2.05, 4.69) is 41.1 Å². The molecule has 0 fully saturated rings. The zero-order valence-electron chi connectivity index (χ0n) is 13.2. The molecule has 1 aliphatic heterocycles. The molecule has 3 aromatic rings. The molecule has 0 aliphatic carbocycles. The van der Waals surface area contributed by atoms with Crippen molar-refractivity contribution in [2.24, 2.45) is 5.92 Å². The monoisotopic (exact) mass is 304 g/mol. The first-order chi connectivity index (χ1) is 11.2. The molecular weight excluding hydrogens is 284 g/mol. The predicted octanol–water partition coefficient (Wildman–Crippen LogP) is 4.14. The van der Waals surface area contributed by atoms with E-state index >= 15 is 0 Å². The Hall–Kier alpha value is -2.55. The largest absolute Gasteiger partial charge is 0.505 e. The highest BCUT2D eigenvalue weighted by atomic mass is 16.3. The summed E-state index contributed by atoms with van der Waals surface area (Å²) in [5, 5.41) is 11.6. The predicted molar refractivity (Wildman–Crippen MR) is 93.8 cm³/mol. The maximum Gasteiger partial charge on any atom is 0.146 e. The summed E-state index contributed by atoms with van der Waals surface area (Å²) >= 11 is 0. The first kappa shape index (κ1) is 14.1. The number of phenols is 1. The molecule has 2 aromatic carbocycles. The molecular formula is C20H20N2O. The molecule has 4 rings (SSSR count). The molecule has 23 heavy (non-hydrogen) atoms. The van der Waals surface area contributed by atoms with Gasteiger partial charge in [0, 0.05) is 35.9 Å². The lowest BCUT2D eigenvalue weighted by Crippen LogP contribution is -2.33. The first-order valence-electron chi connectivity index (χ1n) is 8.11. The number of phenolic OH excluding ortho intramolecular Hbond substituents is 1. The minimum Gasteiger partial charge on any atom is -0.505 e. The van der Waals surface area contributed by atoms with Crippen molar-refractivity contribution in [3.8, 4) is 5.75 Å². The van der Waals surface area contributed by atoms with E-state index in [0.717, 1.165) is 23.9 Å². The Bertz CT molecular complexity index is 859. The molecule has 0 bridgehead atoms. The number of nitrogens with zero attached hydrogens (tertiary/aromatic N) is 2. The summed E-state index contributed by atoms with van der Waals surface area (Å²) in [7, 11) is 0. The van der Waals surface area contributed by atoms with Crippen LogP contribution in [0.5, 0.6) is 5.75 Å². The number of aromatic hydroxyl groups is 1. The average molecular weight is 304 g/mol. The van der Waals surface area contributed by atoms with Crippen molar-refractivity contribution in [2.45, 2.75) is 19.9 Å². The van der Waals surface area contributed by atoms with Gasteiger partial charge in [-0.05, 0) is 30.0 Å². The number of hydrogen-bond acceptors (Lipinski definition) is 3. The highest BCUT2D eigenvalue weighted by Gasteiger charge is 2.22. The van der Waals surface area contributed by atoms with E-state index in [-0.39, 0.29) is 0 Å². The van der Waals surface area contributed by atoms with E-state index in [1.807, 2.05) is 24.3 Å². The molecule has 0 saturated carbocycles. The van der Waals surface area contributed by atoms with E-state index in [1.165, 1.54) is 11.3 Å². The number of rotatable bonds is 2. The molecule has 1 atom stereocenters. The Labute approximate surface area is 136 Å². The van der Waals surface area contributed by atoms with Gasteiger partial charge in [-0.25, -0.2) is 0 Å². The number of pyridine rings is 1. The van der Waals surface area contributed by atoms with Gasteiger partial charge in [0.25, 0.3) is 0 Å². The van der Waals surface area contributed by atoms with Crippen LogP contribution in [-0.4, -0.2) is 16.6 Å². The SMILES string of the molecule is CC1Cc2ccccc2N(Cc2ccc3cccnc3c2O)C1. The van der Waals surface area contributed by atoms with E-state index in [4.69, 9.17) is 0 Å². The second-order valence-corrected chi connectivity index (χ2v) is 6.47. The molecule has 1 N–H and O–H groups in total. The van der Waals surface area contributed by atoms with Gasteiger partial charge in [0.2, 0.25) is 0 Å². The van der Waals surface area contributed by atoms with Gasteiger partial charge in [0.15, 0.2) is 0 Å². The summed E-state index contributed by atoms with van der Waals surface area (Å²) in [6.45, 7) is 4.00. The molecule has 0 radical (unpaired) electrons. The molecule has 2 heterocycles. The molecule has 0 amide bonds. The van der Waals surface area contributed by atoms with Crippen LogP contribution in [0.15, 0.2) is 54.7 Å². The van der Waals surface area contributed by atoms with E-state index in [0.29, 0.717) is 23.7 Å². The minimum atomic E-state index is 0.304. The van der Waals surface area contributed by atoms with Gasteiger partial charge in [-0.15, -0.1) is 0 Å². The zero-order chi connectivity index (χ0) is 15.8. The van der Waals surface area contributed by atoms with Gasteiger partial charge in [0.1, 0.15) is 11.3 Å². The van der Waals surface area contributed by atoms with Gasteiger partial charge < -0.3 is 10.0 Å². The van der Waals surface area contributed by atoms with Crippen LogP contribution in [0.25, 0.3) is 10.9 Å². The van der Waals surface area contributed by atoms with E-state index in [9.17, 15) is 5.11 Å². The number of benzene rings is 2. The summed E-state index contributed by atoms with van der Waals surface area (Å²) in [6, 6.07) is 16.5. The van der Waals surface area contributed by atoms with Crippen molar-refractivity contribution in [2.75, 3.05) is 11.4 Å². The highest BCUT2D eigenvalue weighted by molar-refractivity contribution is 5.85. The number of anilines is 1. The van der Waals surface area contributed by atoms with Gasteiger partial charge in [-0.1, -0.05) is 43.3 Å². The van der Waals surface area contributed by atoms with E-state index in [1.54, 1.807) is 6.20 Å². The quantitative estimate of drug-likeness (QED) is 0.773. The standard InChI is InChI=1S/C20H20N2O/c1-14-11-16-5-2-3-7-18(16)22(12-14)13-17-9-8-15-6-4-10-21-19(15)20(17)23/h2-10,14,23H,11-13H2,1H3. The van der Waals surface area contributed by atoms with Crippen LogP contribution in [0, 0.1) is 5.92 Å². The third-order valence-electron chi connectivity index (χ3n) is 4.63. The van der Waals surface area contributed by atoms with Crippen molar-refractivity contribution in [3.05, 3.63) is 65.9 Å². The first-order valence-corrected chi connectivity index (χ1v) is 8.11. The fourth-order valence-electron chi connectivity index (χ4n) is 3.56. The lowest BCUT2D eigenvalue weighted by molar-refractivity contribution is 0.468. The van der Waals surface area contributed by atoms with Crippen molar-refractivity contribution in [1.29, 1.82) is 0 Å². The van der Waals surface area contributed by atoms with Crippen LogP contribution in [0.1, 0.15) is 18.1 Å². The molecule has 116 valence electrons. The third kappa shape index (κ3) is 2.52. The van der Waals surface area contributed by atoms with Gasteiger partial charge in [-0.2, -0.15) is 0 Å². The molecule has 3 heteroatoms. The molecule has 0 spiro atoms. The average Bonchev–Trinajstić information content (AvgIpc) is 2.57. The second-order valence-electron chi connectivity index (χ2n) is 6.47. The van der Waals surface area contributed by atoms with Crippen LogP contribution in [0.2, 0.25) is 0 Å². The molecule has 1 aromatic heterocycles. The Morgan fingerprint density at radius 2 is 2.00 bits per heavy atom. The van der Waals surface area contributed by atoms with Crippen LogP contribution >= 0.6 is 0 Å². The minimum absolute atomic E-state index is 0.304. The third-order valence-corrected chi connectivity index (χ3v) is 4.63.